The Morgan fingerprint density at radius 3 is 2.48 bits per heavy atom. The molecule has 8 nitrogen and oxygen atoms in total. The number of benzene rings is 2. The number of nitrogens with zero attached hydrogens (tertiary/aromatic N) is 1. The first-order valence-electron chi connectivity index (χ1n) is 8.62. The Hall–Kier alpha value is -2.61. The van der Waals surface area contributed by atoms with Crippen LogP contribution >= 0.6 is 15.9 Å². The van der Waals surface area contributed by atoms with Gasteiger partial charge in [0.15, 0.2) is 11.5 Å². The molecule has 29 heavy (non-hydrogen) atoms. The van der Waals surface area contributed by atoms with E-state index in [0.717, 1.165) is 4.47 Å². The lowest BCUT2D eigenvalue weighted by molar-refractivity contribution is 0.0471. The maximum absolute atomic E-state index is 12.3. The van der Waals surface area contributed by atoms with Crippen LogP contribution < -0.4 is 14.2 Å². The Bertz CT molecular complexity index is 1050. The van der Waals surface area contributed by atoms with Gasteiger partial charge in [-0.1, -0.05) is 15.9 Å². The third-order valence-electron chi connectivity index (χ3n) is 4.00. The molecule has 0 aliphatic carbocycles. The highest BCUT2D eigenvalue weighted by Gasteiger charge is 2.17. The minimum absolute atomic E-state index is 0.00145. The Morgan fingerprint density at radius 2 is 1.83 bits per heavy atom. The van der Waals surface area contributed by atoms with Crippen LogP contribution in [-0.2, 0) is 21.4 Å². The number of hydrogen-bond acceptors (Lipinski definition) is 7. The van der Waals surface area contributed by atoms with Gasteiger partial charge in [0.05, 0.1) is 16.5 Å². The molecule has 2 aromatic rings. The zero-order valence-corrected chi connectivity index (χ0v) is 17.6. The van der Waals surface area contributed by atoms with Crippen LogP contribution in [0.4, 0.5) is 0 Å². The maximum Gasteiger partial charge on any atom is 0.338 e. The minimum atomic E-state index is -3.73. The van der Waals surface area contributed by atoms with Crippen molar-refractivity contribution < 1.29 is 27.4 Å². The summed E-state index contributed by atoms with van der Waals surface area (Å²) in [6, 6.07) is 10.7. The average Bonchev–Trinajstić information content (AvgIpc) is 2.72. The number of ether oxygens (including phenoxy) is 3. The van der Waals surface area contributed by atoms with Gasteiger partial charge in [-0.2, -0.15) is 5.26 Å². The normalized spacial score (nSPS) is 12.8. The molecule has 152 valence electrons. The number of carbonyl (C=O) groups is 1. The maximum atomic E-state index is 12.3. The van der Waals surface area contributed by atoms with Crippen molar-refractivity contribution in [1.82, 2.24) is 4.72 Å². The molecule has 0 aromatic heterocycles. The van der Waals surface area contributed by atoms with Gasteiger partial charge in [0, 0.05) is 23.0 Å². The number of nitriles is 1. The van der Waals surface area contributed by atoms with Crippen molar-refractivity contribution in [2.24, 2.45) is 0 Å². The summed E-state index contributed by atoms with van der Waals surface area (Å²) < 4.78 is 43.5. The Morgan fingerprint density at radius 1 is 1.17 bits per heavy atom. The number of halogens is 1. The summed E-state index contributed by atoms with van der Waals surface area (Å²) >= 11 is 3.42. The monoisotopic (exact) mass is 480 g/mol. The largest absolute Gasteiger partial charge is 0.486 e. The molecule has 0 radical (unpaired) electrons. The van der Waals surface area contributed by atoms with Gasteiger partial charge in [-0.15, -0.1) is 0 Å². The number of sulfonamides is 1. The van der Waals surface area contributed by atoms with Crippen molar-refractivity contribution in [2.45, 2.75) is 17.9 Å². The molecule has 1 aliphatic heterocycles. The summed E-state index contributed by atoms with van der Waals surface area (Å²) in [5.74, 6) is 0.621. The summed E-state index contributed by atoms with van der Waals surface area (Å²) in [4.78, 5) is 12.3. The van der Waals surface area contributed by atoms with Crippen molar-refractivity contribution >= 4 is 31.9 Å². The van der Waals surface area contributed by atoms with Crippen LogP contribution in [0, 0.1) is 11.3 Å². The first-order chi connectivity index (χ1) is 13.9. The summed E-state index contributed by atoms with van der Waals surface area (Å²) in [6.07, 6.45) is 0.0685. The Kier molecular flexibility index (Phi) is 6.74. The van der Waals surface area contributed by atoms with Gasteiger partial charge in [-0.3, -0.25) is 0 Å². The molecule has 0 saturated heterocycles. The second-order valence-electron chi connectivity index (χ2n) is 5.99. The number of hydrogen-bond donors (Lipinski definition) is 1. The second kappa shape index (κ2) is 9.26. The van der Waals surface area contributed by atoms with E-state index in [9.17, 15) is 13.2 Å². The van der Waals surface area contributed by atoms with Crippen LogP contribution in [-0.4, -0.2) is 34.1 Å². The lowest BCUT2D eigenvalue weighted by Gasteiger charge is -2.19. The van der Waals surface area contributed by atoms with Gasteiger partial charge < -0.3 is 14.2 Å². The van der Waals surface area contributed by atoms with E-state index >= 15 is 0 Å². The summed E-state index contributed by atoms with van der Waals surface area (Å²) in [6.45, 7) is 0.959. The predicted molar refractivity (Wildman–Crippen MR) is 106 cm³/mol. The lowest BCUT2D eigenvalue weighted by atomic mass is 10.2. The molecule has 0 amide bonds. The van der Waals surface area contributed by atoms with E-state index < -0.39 is 16.0 Å². The van der Waals surface area contributed by atoms with Crippen LogP contribution in [0.25, 0.3) is 0 Å². The quantitative estimate of drug-likeness (QED) is 0.478. The van der Waals surface area contributed by atoms with E-state index in [0.29, 0.717) is 30.3 Å². The molecule has 1 heterocycles. The summed E-state index contributed by atoms with van der Waals surface area (Å²) in [5.41, 5.74) is 0.929. The van der Waals surface area contributed by atoms with Gasteiger partial charge in [-0.05, 0) is 36.4 Å². The third kappa shape index (κ3) is 5.26. The van der Waals surface area contributed by atoms with Crippen molar-refractivity contribution in [2.75, 3.05) is 19.8 Å². The standard InChI is InChI=1S/C19H17BrN2O6S/c20-16-11-18-17(26-8-9-27-18)10-14(16)12-28-19(23)13-2-4-15(5-3-13)29(24,25)22-7-1-6-21/h2-5,10-11,22H,1,7-9,12H2. The third-order valence-corrected chi connectivity index (χ3v) is 6.21. The van der Waals surface area contributed by atoms with Gasteiger partial charge in [-0.25, -0.2) is 17.9 Å². The Balaban J connectivity index is 1.64. The molecule has 0 bridgehead atoms. The zero-order chi connectivity index (χ0) is 20.9. The molecule has 0 spiro atoms. The van der Waals surface area contributed by atoms with Crippen LogP contribution in [0.15, 0.2) is 45.8 Å². The van der Waals surface area contributed by atoms with Gasteiger partial charge in [0.1, 0.15) is 19.8 Å². The highest BCUT2D eigenvalue weighted by molar-refractivity contribution is 9.10. The van der Waals surface area contributed by atoms with Crippen molar-refractivity contribution in [3.05, 3.63) is 52.0 Å². The number of esters is 1. The van der Waals surface area contributed by atoms with Crippen molar-refractivity contribution in [3.8, 4) is 17.6 Å². The van der Waals surface area contributed by atoms with Crippen molar-refractivity contribution in [3.63, 3.8) is 0 Å². The number of fused-ring (bicyclic) bond motifs is 1. The minimum Gasteiger partial charge on any atom is -0.486 e. The molecule has 0 unspecified atom stereocenters. The lowest BCUT2D eigenvalue weighted by Crippen LogP contribution is -2.24. The number of nitrogens with one attached hydrogen (secondary N) is 1. The van der Waals surface area contributed by atoms with Crippen molar-refractivity contribution in [1.29, 1.82) is 5.26 Å². The van der Waals surface area contributed by atoms with Crippen LogP contribution in [0.1, 0.15) is 22.3 Å². The molecule has 1 aliphatic rings. The van der Waals surface area contributed by atoms with E-state index in [-0.39, 0.29) is 30.0 Å². The summed E-state index contributed by atoms with van der Waals surface area (Å²) in [5, 5.41) is 8.49. The fourth-order valence-corrected chi connectivity index (χ4v) is 4.01. The predicted octanol–water partition coefficient (Wildman–Crippen LogP) is 2.77. The number of carbonyl (C=O) groups excluding carboxylic acids is 1. The van der Waals surface area contributed by atoms with Gasteiger partial charge in [0.2, 0.25) is 10.0 Å². The fourth-order valence-electron chi connectivity index (χ4n) is 2.54. The molecule has 1 N–H and O–H groups in total. The van der Waals surface area contributed by atoms with E-state index in [1.54, 1.807) is 12.1 Å². The highest BCUT2D eigenvalue weighted by Crippen LogP contribution is 2.35. The molecule has 3 rings (SSSR count). The molecule has 0 atom stereocenters. The van der Waals surface area contributed by atoms with Gasteiger partial charge in [0.25, 0.3) is 0 Å². The first kappa shape index (κ1) is 21.1. The van der Waals surface area contributed by atoms with Crippen LogP contribution in [0.3, 0.4) is 0 Å². The zero-order valence-electron chi connectivity index (χ0n) is 15.2. The van der Waals surface area contributed by atoms with E-state index in [4.69, 9.17) is 19.5 Å². The number of rotatable bonds is 7. The summed E-state index contributed by atoms with van der Waals surface area (Å²) in [7, 11) is -3.73. The Labute approximate surface area is 176 Å². The second-order valence-corrected chi connectivity index (χ2v) is 8.61. The molecule has 0 saturated carbocycles. The molecule has 2 aromatic carbocycles. The fraction of sp³-hybridized carbons (Fsp3) is 0.263. The van der Waals surface area contributed by atoms with Crippen LogP contribution in [0.2, 0.25) is 0 Å². The highest BCUT2D eigenvalue weighted by atomic mass is 79.9. The van der Waals surface area contributed by atoms with E-state index in [1.165, 1.54) is 24.3 Å². The van der Waals surface area contributed by atoms with Gasteiger partial charge >= 0.3 is 5.97 Å². The SMILES string of the molecule is N#CCCNS(=O)(=O)c1ccc(C(=O)OCc2cc3c(cc2Br)OCCO3)cc1. The van der Waals surface area contributed by atoms with E-state index in [2.05, 4.69) is 20.7 Å². The topological polar surface area (TPSA) is 115 Å². The average molecular weight is 481 g/mol. The van der Waals surface area contributed by atoms with E-state index in [1.807, 2.05) is 6.07 Å². The smallest absolute Gasteiger partial charge is 0.338 e. The van der Waals surface area contributed by atoms with Crippen LogP contribution in [0.5, 0.6) is 11.5 Å². The molecule has 10 heteroatoms. The molecule has 0 fully saturated rings. The molecular weight excluding hydrogens is 464 g/mol. The molecular formula is C19H17BrN2O6S. The first-order valence-corrected chi connectivity index (χ1v) is 10.9.